The van der Waals surface area contributed by atoms with Gasteiger partial charge in [-0.15, -0.1) is 0 Å². The number of unbranched alkanes of at least 4 members (excludes halogenated alkanes) is 1. The lowest BCUT2D eigenvalue weighted by Gasteiger charge is -2.35. The van der Waals surface area contributed by atoms with E-state index in [2.05, 4.69) is 25.7 Å². The van der Waals surface area contributed by atoms with Crippen molar-refractivity contribution in [3.8, 4) is 0 Å². The number of ether oxygens (including phenoxy) is 1. The minimum atomic E-state index is -0.392. The summed E-state index contributed by atoms with van der Waals surface area (Å²) < 4.78 is 5.36. The fourth-order valence-electron chi connectivity index (χ4n) is 1.86. The van der Waals surface area contributed by atoms with Crippen molar-refractivity contribution in [3.05, 3.63) is 0 Å². The summed E-state index contributed by atoms with van der Waals surface area (Å²) in [7, 11) is 0. The lowest BCUT2D eigenvalue weighted by Crippen LogP contribution is -2.50. The van der Waals surface area contributed by atoms with E-state index >= 15 is 0 Å². The highest BCUT2D eigenvalue weighted by Crippen LogP contribution is 2.12. The van der Waals surface area contributed by atoms with Gasteiger partial charge in [-0.25, -0.2) is 4.79 Å². The summed E-state index contributed by atoms with van der Waals surface area (Å²) in [4.78, 5) is 16.1. The first kappa shape index (κ1) is 28.1. The zero-order valence-corrected chi connectivity index (χ0v) is 18.4. The van der Waals surface area contributed by atoms with E-state index in [4.69, 9.17) is 4.74 Å². The van der Waals surface area contributed by atoms with Gasteiger partial charge in [0.25, 0.3) is 0 Å². The lowest BCUT2D eigenvalue weighted by molar-refractivity contribution is 0.0144. The molecule has 0 radical (unpaired) electrons. The Bertz CT molecular complexity index is 255. The first-order valence-electron chi connectivity index (χ1n) is 10.0. The molecule has 0 unspecified atom stereocenters. The molecule has 0 aromatic carbocycles. The summed E-state index contributed by atoms with van der Waals surface area (Å²) in [5.74, 6) is 0. The van der Waals surface area contributed by atoms with Gasteiger partial charge in [0.2, 0.25) is 0 Å². The second-order valence-electron chi connectivity index (χ2n) is 6.37. The molecule has 0 N–H and O–H groups in total. The number of hydrogen-bond donors (Lipinski definition) is 0. The quantitative estimate of drug-likeness (QED) is 0.646. The van der Waals surface area contributed by atoms with Crippen LogP contribution in [-0.2, 0) is 4.74 Å². The van der Waals surface area contributed by atoms with E-state index in [0.29, 0.717) is 0 Å². The third-order valence-electron chi connectivity index (χ3n) is 2.85. The summed E-state index contributed by atoms with van der Waals surface area (Å²) >= 11 is 0. The maximum Gasteiger partial charge on any atom is 0.410 e. The Morgan fingerprint density at radius 2 is 1.33 bits per heavy atom. The van der Waals surface area contributed by atoms with E-state index in [0.717, 1.165) is 32.7 Å². The predicted molar refractivity (Wildman–Crippen MR) is 108 cm³/mol. The maximum atomic E-state index is 11.8. The molecule has 0 aromatic rings. The van der Waals surface area contributed by atoms with Gasteiger partial charge in [-0.05, 0) is 33.7 Å². The number of rotatable bonds is 3. The van der Waals surface area contributed by atoms with Crippen LogP contribution in [0.5, 0.6) is 0 Å². The van der Waals surface area contributed by atoms with Crippen LogP contribution in [0.15, 0.2) is 0 Å². The normalized spacial score (nSPS) is 14.2. The number of amides is 1. The largest absolute Gasteiger partial charge is 0.444 e. The second-order valence-corrected chi connectivity index (χ2v) is 6.37. The van der Waals surface area contributed by atoms with E-state index in [9.17, 15) is 4.79 Å². The summed E-state index contributed by atoms with van der Waals surface area (Å²) in [5.41, 5.74) is -0.392. The van der Waals surface area contributed by atoms with Gasteiger partial charge in [0.15, 0.2) is 0 Å². The Balaban J connectivity index is -0.000000549. The summed E-state index contributed by atoms with van der Waals surface area (Å²) in [5, 5.41) is 0. The van der Waals surface area contributed by atoms with E-state index in [1.807, 2.05) is 53.4 Å². The SMILES string of the molecule is CC.CC.CCC.CCCCN1CCN(C(=O)OC(C)(C)C)CC1. The predicted octanol–water partition coefficient (Wildman–Crippen LogP) is 5.81. The summed E-state index contributed by atoms with van der Waals surface area (Å²) in [6.07, 6.45) is 3.55. The molecule has 1 amide bonds. The average Bonchev–Trinajstić information content (AvgIpc) is 2.56. The molecule has 148 valence electrons. The fraction of sp³-hybridized carbons (Fsp3) is 0.950. The van der Waals surface area contributed by atoms with Crippen molar-refractivity contribution in [2.45, 2.75) is 94.1 Å². The molecule has 0 aliphatic carbocycles. The molecule has 0 bridgehead atoms. The zero-order valence-electron chi connectivity index (χ0n) is 18.4. The van der Waals surface area contributed by atoms with Gasteiger partial charge in [0.1, 0.15) is 5.60 Å². The minimum absolute atomic E-state index is 0.173. The van der Waals surface area contributed by atoms with Crippen molar-refractivity contribution in [3.63, 3.8) is 0 Å². The third kappa shape index (κ3) is 17.6. The van der Waals surface area contributed by atoms with Crippen LogP contribution in [0.2, 0.25) is 0 Å². The highest BCUT2D eigenvalue weighted by Gasteiger charge is 2.25. The van der Waals surface area contributed by atoms with Crippen molar-refractivity contribution >= 4 is 6.09 Å². The Morgan fingerprint density at radius 3 is 1.67 bits per heavy atom. The van der Waals surface area contributed by atoms with E-state index in [-0.39, 0.29) is 6.09 Å². The van der Waals surface area contributed by atoms with Gasteiger partial charge in [-0.2, -0.15) is 0 Å². The van der Waals surface area contributed by atoms with Gasteiger partial charge >= 0.3 is 6.09 Å². The third-order valence-corrected chi connectivity index (χ3v) is 2.85. The molecule has 1 aliphatic rings. The minimum Gasteiger partial charge on any atom is -0.444 e. The Hall–Kier alpha value is -0.770. The van der Waals surface area contributed by atoms with Crippen LogP contribution in [0.25, 0.3) is 0 Å². The second kappa shape index (κ2) is 18.6. The number of hydrogen-bond acceptors (Lipinski definition) is 3. The van der Waals surface area contributed by atoms with Crippen molar-refractivity contribution in [1.82, 2.24) is 9.80 Å². The Labute approximate surface area is 152 Å². The zero-order chi connectivity index (χ0) is 19.6. The lowest BCUT2D eigenvalue weighted by atomic mass is 10.2. The van der Waals surface area contributed by atoms with Crippen LogP contribution < -0.4 is 0 Å². The van der Waals surface area contributed by atoms with Crippen molar-refractivity contribution < 1.29 is 9.53 Å². The van der Waals surface area contributed by atoms with Crippen LogP contribution in [0.3, 0.4) is 0 Å². The molecular weight excluding hydrogens is 300 g/mol. The molecule has 1 saturated heterocycles. The molecule has 1 rings (SSSR count). The van der Waals surface area contributed by atoms with Crippen LogP contribution in [-0.4, -0.2) is 54.2 Å². The van der Waals surface area contributed by atoms with E-state index < -0.39 is 5.60 Å². The molecule has 1 heterocycles. The van der Waals surface area contributed by atoms with Gasteiger partial charge in [-0.1, -0.05) is 61.3 Å². The highest BCUT2D eigenvalue weighted by atomic mass is 16.6. The number of nitrogens with zero attached hydrogens (tertiary/aromatic N) is 2. The Morgan fingerprint density at radius 1 is 0.917 bits per heavy atom. The van der Waals surface area contributed by atoms with E-state index in [1.54, 1.807) is 0 Å². The average molecular weight is 347 g/mol. The summed E-state index contributed by atoms with van der Waals surface area (Å²) in [6.45, 7) is 24.8. The van der Waals surface area contributed by atoms with Gasteiger partial charge < -0.3 is 9.64 Å². The molecule has 1 aliphatic heterocycles. The molecule has 0 aromatic heterocycles. The fourth-order valence-corrected chi connectivity index (χ4v) is 1.86. The van der Waals surface area contributed by atoms with Crippen LogP contribution >= 0.6 is 0 Å². The molecular formula is C20H46N2O2. The number of carbonyl (C=O) groups excluding carboxylic acids is 1. The number of piperazine rings is 1. The van der Waals surface area contributed by atoms with Crippen molar-refractivity contribution in [1.29, 1.82) is 0 Å². The first-order valence-corrected chi connectivity index (χ1v) is 10.0. The first-order chi connectivity index (χ1) is 11.3. The van der Waals surface area contributed by atoms with Crippen LogP contribution in [0.4, 0.5) is 4.79 Å². The topological polar surface area (TPSA) is 32.8 Å². The molecule has 0 spiro atoms. The Kier molecular flexibility index (Phi) is 21.7. The van der Waals surface area contributed by atoms with E-state index in [1.165, 1.54) is 19.3 Å². The van der Waals surface area contributed by atoms with Gasteiger partial charge in [-0.3, -0.25) is 4.90 Å². The highest BCUT2D eigenvalue weighted by molar-refractivity contribution is 5.68. The summed E-state index contributed by atoms with van der Waals surface area (Å²) in [6, 6.07) is 0. The van der Waals surface area contributed by atoms with Crippen LogP contribution in [0, 0.1) is 0 Å². The van der Waals surface area contributed by atoms with Gasteiger partial charge in [0, 0.05) is 26.2 Å². The molecule has 0 atom stereocenters. The monoisotopic (exact) mass is 346 g/mol. The smallest absolute Gasteiger partial charge is 0.410 e. The van der Waals surface area contributed by atoms with Crippen molar-refractivity contribution in [2.24, 2.45) is 0 Å². The maximum absolute atomic E-state index is 11.8. The molecule has 24 heavy (non-hydrogen) atoms. The molecule has 4 heteroatoms. The molecule has 0 saturated carbocycles. The molecule has 1 fully saturated rings. The van der Waals surface area contributed by atoms with Crippen LogP contribution in [0.1, 0.15) is 88.5 Å². The standard InChI is InChI=1S/C13H26N2O2.C3H8.2C2H6/c1-5-6-7-14-8-10-15(11-9-14)12(16)17-13(2,3)4;1-3-2;2*1-2/h5-11H2,1-4H3;3H2,1-2H3;2*1-2H3. The van der Waals surface area contributed by atoms with Crippen molar-refractivity contribution in [2.75, 3.05) is 32.7 Å². The van der Waals surface area contributed by atoms with Gasteiger partial charge in [0.05, 0.1) is 0 Å². The number of carbonyl (C=O) groups is 1. The molecule has 4 nitrogen and oxygen atoms in total.